The Morgan fingerprint density at radius 3 is 2.71 bits per heavy atom. The smallest absolute Gasteiger partial charge is 0.266 e. The second-order valence-corrected chi connectivity index (χ2v) is 7.25. The van der Waals surface area contributed by atoms with Gasteiger partial charge in [-0.25, -0.2) is 22.5 Å². The molecule has 0 saturated heterocycles. The lowest BCUT2D eigenvalue weighted by molar-refractivity contribution is 0.128. The highest BCUT2D eigenvalue weighted by Gasteiger charge is 2.38. The molecule has 114 valence electrons. The summed E-state index contributed by atoms with van der Waals surface area (Å²) in [4.78, 5) is 4.04. The van der Waals surface area contributed by atoms with Gasteiger partial charge in [-0.3, -0.25) is 0 Å². The molecular formula is C12H13ClFN3O3S. The van der Waals surface area contributed by atoms with Gasteiger partial charge >= 0.3 is 0 Å². The average Bonchev–Trinajstić information content (AvgIpc) is 2.36. The van der Waals surface area contributed by atoms with E-state index in [1.165, 1.54) is 6.07 Å². The average molecular weight is 334 g/mol. The molecule has 0 radical (unpaired) electrons. The Hall–Kier alpha value is -1.38. The van der Waals surface area contributed by atoms with E-state index in [-0.39, 0.29) is 28.2 Å². The van der Waals surface area contributed by atoms with Gasteiger partial charge in [0.05, 0.1) is 22.9 Å². The van der Waals surface area contributed by atoms with Crippen molar-refractivity contribution in [1.29, 1.82) is 0 Å². The van der Waals surface area contributed by atoms with Crippen molar-refractivity contribution in [3.05, 3.63) is 23.0 Å². The highest BCUT2D eigenvalue weighted by molar-refractivity contribution is 7.90. The van der Waals surface area contributed by atoms with Gasteiger partial charge in [0.1, 0.15) is 10.7 Å². The maximum absolute atomic E-state index is 13.4. The maximum atomic E-state index is 13.4. The van der Waals surface area contributed by atoms with E-state index < -0.39 is 21.4 Å². The molecule has 1 fully saturated rings. The summed E-state index contributed by atoms with van der Waals surface area (Å²) < 4.78 is 39.9. The second kappa shape index (κ2) is 4.82. The molecule has 1 aliphatic carbocycles. The van der Waals surface area contributed by atoms with Crippen LogP contribution in [0.2, 0.25) is 5.02 Å². The Labute approximate surface area is 126 Å². The minimum Gasteiger partial charge on any atom is -0.394 e. The summed E-state index contributed by atoms with van der Waals surface area (Å²) in [6, 6.07) is 2.06. The topological polar surface area (TPSA) is 90.8 Å². The summed E-state index contributed by atoms with van der Waals surface area (Å²) in [7, 11) is -3.92. The van der Waals surface area contributed by atoms with Crippen LogP contribution >= 0.6 is 11.6 Å². The highest BCUT2D eigenvalue weighted by atomic mass is 35.5. The van der Waals surface area contributed by atoms with E-state index in [0.717, 1.165) is 12.5 Å². The number of anilines is 1. The van der Waals surface area contributed by atoms with Crippen LogP contribution in [0.15, 0.2) is 22.0 Å². The normalized spacial score (nSPS) is 23.7. The van der Waals surface area contributed by atoms with Crippen LogP contribution in [0.4, 0.5) is 10.1 Å². The number of fused-ring (bicyclic) bond motifs is 1. The third-order valence-electron chi connectivity index (χ3n) is 3.72. The van der Waals surface area contributed by atoms with E-state index in [4.69, 9.17) is 11.6 Å². The molecule has 1 aromatic rings. The summed E-state index contributed by atoms with van der Waals surface area (Å²) in [5.41, 5.74) is -0.488. The van der Waals surface area contributed by atoms with Gasteiger partial charge in [0.25, 0.3) is 10.0 Å². The number of aliphatic imine (C=N–C) groups is 1. The van der Waals surface area contributed by atoms with Crippen LogP contribution in [0.5, 0.6) is 0 Å². The maximum Gasteiger partial charge on any atom is 0.266 e. The first-order valence-electron chi connectivity index (χ1n) is 6.35. The molecule has 1 saturated carbocycles. The van der Waals surface area contributed by atoms with Gasteiger partial charge in [-0.2, -0.15) is 0 Å². The van der Waals surface area contributed by atoms with Gasteiger partial charge in [-0.15, -0.1) is 0 Å². The van der Waals surface area contributed by atoms with E-state index in [0.29, 0.717) is 12.8 Å². The number of nitrogens with one attached hydrogen (secondary N) is 2. The van der Waals surface area contributed by atoms with Gasteiger partial charge < -0.3 is 10.4 Å². The summed E-state index contributed by atoms with van der Waals surface area (Å²) in [6.07, 6.45) is 2.30. The van der Waals surface area contributed by atoms with Crippen LogP contribution in [0.1, 0.15) is 19.3 Å². The van der Waals surface area contributed by atoms with Crippen molar-refractivity contribution in [3.63, 3.8) is 0 Å². The summed E-state index contributed by atoms with van der Waals surface area (Å²) in [5.74, 6) is -0.798. The van der Waals surface area contributed by atoms with Crippen molar-refractivity contribution in [2.24, 2.45) is 4.99 Å². The molecule has 0 bridgehead atoms. The van der Waals surface area contributed by atoms with Crippen molar-refractivity contribution in [1.82, 2.24) is 4.72 Å². The molecule has 3 rings (SSSR count). The monoisotopic (exact) mass is 333 g/mol. The fourth-order valence-electron chi connectivity index (χ4n) is 2.36. The van der Waals surface area contributed by atoms with Crippen LogP contribution in [0.3, 0.4) is 0 Å². The molecule has 0 spiro atoms. The molecular weight excluding hydrogens is 321 g/mol. The SMILES string of the molecule is O=S1(=O)NC(=NC2(CO)CCC2)Nc2cc(Cl)c(F)cc21. The van der Waals surface area contributed by atoms with Gasteiger partial charge in [-0.1, -0.05) is 11.6 Å². The Bertz CT molecular complexity index is 726. The summed E-state index contributed by atoms with van der Waals surface area (Å²) in [6.45, 7) is -0.156. The first-order chi connectivity index (χ1) is 9.85. The number of hydrogen-bond donors (Lipinski definition) is 3. The summed E-state index contributed by atoms with van der Waals surface area (Å²) >= 11 is 5.68. The van der Waals surface area contributed by atoms with Crippen LogP contribution in [0, 0.1) is 5.82 Å². The lowest BCUT2D eigenvalue weighted by Gasteiger charge is -2.37. The number of nitrogens with zero attached hydrogens (tertiary/aromatic N) is 1. The molecule has 1 aromatic carbocycles. The predicted octanol–water partition coefficient (Wildman–Crippen LogP) is 1.45. The third kappa shape index (κ3) is 2.47. The van der Waals surface area contributed by atoms with E-state index in [9.17, 15) is 17.9 Å². The van der Waals surface area contributed by atoms with E-state index in [1.54, 1.807) is 0 Å². The van der Waals surface area contributed by atoms with Crippen molar-refractivity contribution in [2.75, 3.05) is 11.9 Å². The first-order valence-corrected chi connectivity index (χ1v) is 8.21. The largest absolute Gasteiger partial charge is 0.394 e. The number of sulfonamides is 1. The molecule has 0 atom stereocenters. The number of benzene rings is 1. The van der Waals surface area contributed by atoms with E-state index in [1.807, 2.05) is 0 Å². The fraction of sp³-hybridized carbons (Fsp3) is 0.417. The minimum absolute atomic E-state index is 0.0129. The van der Waals surface area contributed by atoms with Gasteiger partial charge in [0.15, 0.2) is 0 Å². The van der Waals surface area contributed by atoms with Crippen LogP contribution in [-0.2, 0) is 10.0 Å². The highest BCUT2D eigenvalue weighted by Crippen LogP contribution is 2.36. The van der Waals surface area contributed by atoms with Crippen LogP contribution in [0.25, 0.3) is 0 Å². The van der Waals surface area contributed by atoms with E-state index >= 15 is 0 Å². The lowest BCUT2D eigenvalue weighted by atomic mass is 9.78. The molecule has 0 aromatic heterocycles. The van der Waals surface area contributed by atoms with Crippen LogP contribution < -0.4 is 10.0 Å². The van der Waals surface area contributed by atoms with Gasteiger partial charge in [0.2, 0.25) is 5.96 Å². The Kier molecular flexibility index (Phi) is 3.34. The zero-order valence-electron chi connectivity index (χ0n) is 10.9. The summed E-state index contributed by atoms with van der Waals surface area (Å²) in [5, 5.41) is 12.0. The molecule has 0 unspecified atom stereocenters. The standard InChI is InChI=1S/C12H13ClFN3O3S/c13-7-4-9-10(5-8(7)14)21(19,20)17-11(15-9)16-12(6-18)2-1-3-12/h4-5,18H,1-3,6H2,(H2,15,16,17). The van der Waals surface area contributed by atoms with Crippen molar-refractivity contribution < 1.29 is 17.9 Å². The Morgan fingerprint density at radius 2 is 2.14 bits per heavy atom. The molecule has 0 amide bonds. The zero-order valence-corrected chi connectivity index (χ0v) is 12.4. The fourth-order valence-corrected chi connectivity index (χ4v) is 3.64. The number of aliphatic hydroxyl groups is 1. The lowest BCUT2D eigenvalue weighted by Crippen LogP contribution is -2.46. The second-order valence-electron chi connectivity index (χ2n) is 5.19. The molecule has 21 heavy (non-hydrogen) atoms. The zero-order chi connectivity index (χ0) is 15.3. The van der Waals surface area contributed by atoms with Crippen molar-refractivity contribution >= 4 is 33.3 Å². The van der Waals surface area contributed by atoms with Gasteiger partial charge in [-0.05, 0) is 31.4 Å². The number of guanidine groups is 1. The number of halogens is 2. The van der Waals surface area contributed by atoms with Crippen LogP contribution in [-0.4, -0.2) is 31.6 Å². The first kappa shape index (κ1) is 14.6. The molecule has 1 aliphatic heterocycles. The molecule has 2 aliphatic rings. The Morgan fingerprint density at radius 1 is 1.43 bits per heavy atom. The quantitative estimate of drug-likeness (QED) is 0.764. The molecule has 6 nitrogen and oxygen atoms in total. The molecule has 1 heterocycles. The predicted molar refractivity (Wildman–Crippen MR) is 76.5 cm³/mol. The van der Waals surface area contributed by atoms with Crippen molar-refractivity contribution in [2.45, 2.75) is 29.7 Å². The Balaban J connectivity index is 2.04. The minimum atomic E-state index is -3.92. The number of aliphatic hydroxyl groups excluding tert-OH is 1. The number of hydrogen-bond acceptors (Lipinski definition) is 4. The van der Waals surface area contributed by atoms with E-state index in [2.05, 4.69) is 15.0 Å². The number of rotatable bonds is 2. The molecule has 9 heteroatoms. The van der Waals surface area contributed by atoms with Crippen molar-refractivity contribution in [3.8, 4) is 0 Å². The van der Waals surface area contributed by atoms with Gasteiger partial charge in [0, 0.05) is 0 Å². The molecule has 3 N–H and O–H groups in total. The third-order valence-corrected chi connectivity index (χ3v) is 5.39.